The fraction of sp³-hybridized carbons (Fsp3) is 0.250. The Morgan fingerprint density at radius 2 is 1.63 bits per heavy atom. The number of aryl methyl sites for hydroxylation is 1. The molecule has 0 saturated carbocycles. The van der Waals surface area contributed by atoms with E-state index in [1.165, 1.54) is 12.1 Å². The second-order valence-electron chi connectivity index (χ2n) is 6.33. The van der Waals surface area contributed by atoms with Crippen molar-refractivity contribution in [3.8, 4) is 0 Å². The number of cyclic esters (lactones) is 1. The minimum atomic E-state index is -2.15. The molecule has 0 radical (unpaired) electrons. The molecular weight excluding hydrogens is 352 g/mol. The molecule has 1 heterocycles. The number of carbonyl (C=O) groups excluding carboxylic acids is 3. The van der Waals surface area contributed by atoms with Crippen molar-refractivity contribution in [2.75, 3.05) is 0 Å². The van der Waals surface area contributed by atoms with Crippen LogP contribution in [0.15, 0.2) is 54.6 Å². The molecule has 3 rings (SSSR count). The van der Waals surface area contributed by atoms with E-state index < -0.39 is 35.9 Å². The van der Waals surface area contributed by atoms with Gasteiger partial charge in [-0.3, -0.25) is 0 Å². The number of rotatable bonds is 4. The van der Waals surface area contributed by atoms with Gasteiger partial charge in [0, 0.05) is 0 Å². The van der Waals surface area contributed by atoms with Gasteiger partial charge in [-0.2, -0.15) is 0 Å². The number of hydrogen-bond acceptors (Lipinski definition) is 7. The van der Waals surface area contributed by atoms with Gasteiger partial charge in [-0.25, -0.2) is 14.4 Å². The van der Waals surface area contributed by atoms with Crippen molar-refractivity contribution in [3.05, 3.63) is 71.3 Å². The average molecular weight is 370 g/mol. The Kier molecular flexibility index (Phi) is 4.96. The fourth-order valence-electron chi connectivity index (χ4n) is 2.65. The van der Waals surface area contributed by atoms with Crippen LogP contribution in [0.4, 0.5) is 0 Å². The van der Waals surface area contributed by atoms with Crippen molar-refractivity contribution in [2.45, 2.75) is 31.8 Å². The van der Waals surface area contributed by atoms with Gasteiger partial charge in [-0.1, -0.05) is 36.4 Å². The third-order valence-corrected chi connectivity index (χ3v) is 4.27. The Bertz CT molecular complexity index is 873. The van der Waals surface area contributed by atoms with Crippen molar-refractivity contribution in [1.82, 2.24) is 0 Å². The zero-order chi connectivity index (χ0) is 19.6. The molecule has 0 aromatic heterocycles. The van der Waals surface area contributed by atoms with Crippen LogP contribution in [0.5, 0.6) is 0 Å². The molecule has 2 aromatic carbocycles. The highest BCUT2D eigenvalue weighted by Crippen LogP contribution is 2.31. The molecule has 27 heavy (non-hydrogen) atoms. The average Bonchev–Trinajstić information content (AvgIpc) is 2.85. The maximum absolute atomic E-state index is 12.4. The van der Waals surface area contributed by atoms with Crippen LogP contribution in [0.3, 0.4) is 0 Å². The molecule has 0 spiro atoms. The van der Waals surface area contributed by atoms with E-state index in [4.69, 9.17) is 14.2 Å². The van der Waals surface area contributed by atoms with Gasteiger partial charge >= 0.3 is 17.9 Å². The van der Waals surface area contributed by atoms with Gasteiger partial charge in [0.25, 0.3) is 6.29 Å². The number of esters is 3. The standard InChI is InChI=1S/C20H18O7/c1-12-8-6-7-11-14(12)17(22)26-18-15(20(2,24)19(23)27-18)25-16(21)13-9-4-3-5-10-13/h3-11,15,18,24H,1-2H3/t15-,18+,20+/m0/s1. The summed E-state index contributed by atoms with van der Waals surface area (Å²) in [6.45, 7) is 2.86. The van der Waals surface area contributed by atoms with Crippen LogP contribution in [0, 0.1) is 6.92 Å². The molecule has 7 heteroatoms. The first-order valence-corrected chi connectivity index (χ1v) is 8.27. The maximum Gasteiger partial charge on any atom is 0.345 e. The molecule has 0 unspecified atom stereocenters. The van der Waals surface area contributed by atoms with Crippen LogP contribution in [-0.2, 0) is 19.0 Å². The molecule has 0 aliphatic carbocycles. The Morgan fingerprint density at radius 1 is 1.00 bits per heavy atom. The molecule has 0 amide bonds. The second-order valence-corrected chi connectivity index (χ2v) is 6.33. The van der Waals surface area contributed by atoms with Gasteiger partial charge in [0.1, 0.15) is 0 Å². The predicted octanol–water partition coefficient (Wildman–Crippen LogP) is 2.01. The maximum atomic E-state index is 12.4. The number of aliphatic hydroxyl groups is 1. The minimum absolute atomic E-state index is 0.219. The highest BCUT2D eigenvalue weighted by Gasteiger charge is 2.58. The van der Waals surface area contributed by atoms with Crippen LogP contribution < -0.4 is 0 Å². The van der Waals surface area contributed by atoms with E-state index in [0.29, 0.717) is 5.56 Å². The lowest BCUT2D eigenvalue weighted by Gasteiger charge is -2.24. The Labute approximate surface area is 155 Å². The minimum Gasteiger partial charge on any atom is -0.447 e. The molecule has 1 saturated heterocycles. The van der Waals surface area contributed by atoms with Crippen LogP contribution in [-0.4, -0.2) is 41.0 Å². The third-order valence-electron chi connectivity index (χ3n) is 4.27. The lowest BCUT2D eigenvalue weighted by Crippen LogP contribution is -2.47. The summed E-state index contributed by atoms with van der Waals surface area (Å²) in [6, 6.07) is 14.7. The van der Waals surface area contributed by atoms with E-state index in [1.54, 1.807) is 49.4 Å². The summed E-state index contributed by atoms with van der Waals surface area (Å²) in [5.74, 6) is -2.59. The molecule has 1 aliphatic rings. The molecule has 3 atom stereocenters. The molecule has 140 valence electrons. The summed E-state index contributed by atoms with van der Waals surface area (Å²) in [5.41, 5.74) is -0.998. The first kappa shape index (κ1) is 18.6. The first-order chi connectivity index (χ1) is 12.8. The number of benzene rings is 2. The smallest absolute Gasteiger partial charge is 0.345 e. The van der Waals surface area contributed by atoms with Crippen LogP contribution >= 0.6 is 0 Å². The van der Waals surface area contributed by atoms with Gasteiger partial charge in [-0.15, -0.1) is 0 Å². The summed E-state index contributed by atoms with van der Waals surface area (Å²) in [7, 11) is 0. The third kappa shape index (κ3) is 3.68. The summed E-state index contributed by atoms with van der Waals surface area (Å²) in [4.78, 5) is 36.7. The first-order valence-electron chi connectivity index (χ1n) is 8.27. The van der Waals surface area contributed by atoms with Crippen molar-refractivity contribution in [1.29, 1.82) is 0 Å². The highest BCUT2D eigenvalue weighted by atomic mass is 16.8. The monoisotopic (exact) mass is 370 g/mol. The van der Waals surface area contributed by atoms with Crippen molar-refractivity contribution in [2.24, 2.45) is 0 Å². The molecule has 1 N–H and O–H groups in total. The lowest BCUT2D eigenvalue weighted by molar-refractivity contribution is -0.162. The summed E-state index contributed by atoms with van der Waals surface area (Å²) in [5, 5.41) is 10.4. The predicted molar refractivity (Wildman–Crippen MR) is 92.7 cm³/mol. The lowest BCUT2D eigenvalue weighted by atomic mass is 10.0. The SMILES string of the molecule is Cc1ccccc1C(=O)O[C@@H]1OC(=O)[C@](C)(O)[C@H]1OC(=O)c1ccccc1. The molecule has 1 aliphatic heterocycles. The van der Waals surface area contributed by atoms with Gasteiger partial charge in [0.2, 0.25) is 11.7 Å². The van der Waals surface area contributed by atoms with E-state index in [2.05, 4.69) is 0 Å². The van der Waals surface area contributed by atoms with E-state index in [-0.39, 0.29) is 11.1 Å². The quantitative estimate of drug-likeness (QED) is 0.822. The molecular formula is C20H18O7. The molecule has 0 bridgehead atoms. The van der Waals surface area contributed by atoms with Gasteiger partial charge in [0.15, 0.2) is 0 Å². The van der Waals surface area contributed by atoms with Gasteiger partial charge in [0.05, 0.1) is 11.1 Å². The van der Waals surface area contributed by atoms with Crippen molar-refractivity contribution < 1.29 is 33.7 Å². The summed E-state index contributed by atoms with van der Waals surface area (Å²) in [6.07, 6.45) is -3.07. The van der Waals surface area contributed by atoms with Gasteiger partial charge < -0.3 is 19.3 Å². The number of hydrogen-bond donors (Lipinski definition) is 1. The number of ether oxygens (including phenoxy) is 3. The summed E-state index contributed by atoms with van der Waals surface area (Å²) < 4.78 is 15.4. The van der Waals surface area contributed by atoms with E-state index in [0.717, 1.165) is 6.92 Å². The van der Waals surface area contributed by atoms with Crippen LogP contribution in [0.1, 0.15) is 33.2 Å². The summed E-state index contributed by atoms with van der Waals surface area (Å²) >= 11 is 0. The van der Waals surface area contributed by atoms with Crippen LogP contribution in [0.2, 0.25) is 0 Å². The normalized spacial score (nSPS) is 24.2. The topological polar surface area (TPSA) is 99.1 Å². The Balaban J connectivity index is 1.81. The van der Waals surface area contributed by atoms with E-state index in [9.17, 15) is 19.5 Å². The zero-order valence-corrected chi connectivity index (χ0v) is 14.7. The second kappa shape index (κ2) is 7.20. The Morgan fingerprint density at radius 3 is 2.30 bits per heavy atom. The van der Waals surface area contributed by atoms with Crippen molar-refractivity contribution >= 4 is 17.9 Å². The molecule has 1 fully saturated rings. The molecule has 7 nitrogen and oxygen atoms in total. The van der Waals surface area contributed by atoms with E-state index >= 15 is 0 Å². The van der Waals surface area contributed by atoms with Crippen molar-refractivity contribution in [3.63, 3.8) is 0 Å². The van der Waals surface area contributed by atoms with E-state index in [1.807, 2.05) is 0 Å². The highest BCUT2D eigenvalue weighted by molar-refractivity contribution is 5.92. The van der Waals surface area contributed by atoms with Gasteiger partial charge in [-0.05, 0) is 37.6 Å². The Hall–Kier alpha value is -3.19. The zero-order valence-electron chi connectivity index (χ0n) is 14.7. The fourth-order valence-corrected chi connectivity index (χ4v) is 2.65. The largest absolute Gasteiger partial charge is 0.447 e. The molecule has 2 aromatic rings. The number of carbonyl (C=O) groups is 3. The van der Waals surface area contributed by atoms with Crippen LogP contribution in [0.25, 0.3) is 0 Å².